The smallest absolute Gasteiger partial charge is 0.350 e. The Morgan fingerprint density at radius 1 is 0.939 bits per heavy atom. The molecule has 0 saturated heterocycles. The summed E-state index contributed by atoms with van der Waals surface area (Å²) < 4.78 is 18.7. The van der Waals surface area contributed by atoms with Gasteiger partial charge in [-0.2, -0.15) is 5.10 Å². The number of benzene rings is 3. The van der Waals surface area contributed by atoms with Crippen LogP contribution in [0.2, 0.25) is 0 Å². The minimum absolute atomic E-state index is 0.128. The number of esters is 1. The van der Waals surface area contributed by atoms with Crippen LogP contribution in [0.4, 0.5) is 15.8 Å². The van der Waals surface area contributed by atoms with Gasteiger partial charge in [-0.1, -0.05) is 24.3 Å². The maximum Gasteiger partial charge on any atom is 0.350 e. The molecule has 0 saturated carbocycles. The number of anilines is 1. The summed E-state index contributed by atoms with van der Waals surface area (Å²) in [6, 6.07) is 16.6. The third-order valence-electron chi connectivity index (χ3n) is 4.12. The minimum Gasteiger partial charge on any atom is -0.423 e. The van der Waals surface area contributed by atoms with Crippen LogP contribution >= 0.6 is 0 Å². The summed E-state index contributed by atoms with van der Waals surface area (Å²) in [5.41, 5.74) is 1.77. The standard InChI is InChI=1S/C22H15FN4O6/c23-17-6-2-3-7-18(17)25-20(28)21(29)26-24-13-14-9-11-15(12-10-14)33-22(30)16-5-1-4-8-19(16)27(31)32/h1-13H,(H,25,28)(H,26,29)/b24-13+. The number of hydrogen-bond donors (Lipinski definition) is 2. The number of hydrogen-bond acceptors (Lipinski definition) is 7. The molecular weight excluding hydrogens is 435 g/mol. The molecule has 0 unspecified atom stereocenters. The molecule has 0 bridgehead atoms. The predicted molar refractivity (Wildman–Crippen MR) is 115 cm³/mol. The number of carbonyl (C=O) groups is 3. The third kappa shape index (κ3) is 6.04. The van der Waals surface area contributed by atoms with Crippen LogP contribution in [0.5, 0.6) is 5.75 Å². The van der Waals surface area contributed by atoms with E-state index in [9.17, 15) is 28.9 Å². The van der Waals surface area contributed by atoms with E-state index in [0.717, 1.165) is 6.07 Å². The fourth-order valence-corrected chi connectivity index (χ4v) is 2.55. The molecule has 11 heteroatoms. The van der Waals surface area contributed by atoms with Crippen LogP contribution in [0, 0.1) is 15.9 Å². The Labute approximate surface area is 185 Å². The van der Waals surface area contributed by atoms with Gasteiger partial charge < -0.3 is 10.1 Å². The highest BCUT2D eigenvalue weighted by molar-refractivity contribution is 6.39. The lowest BCUT2D eigenvalue weighted by Gasteiger charge is -2.05. The van der Waals surface area contributed by atoms with Gasteiger partial charge in [-0.25, -0.2) is 14.6 Å². The number of nitrogens with zero attached hydrogens (tertiary/aromatic N) is 2. The van der Waals surface area contributed by atoms with Gasteiger partial charge in [0.15, 0.2) is 0 Å². The molecule has 2 amide bonds. The number of carbonyl (C=O) groups excluding carboxylic acids is 3. The highest BCUT2D eigenvalue weighted by atomic mass is 19.1. The van der Waals surface area contributed by atoms with Gasteiger partial charge in [0, 0.05) is 6.07 Å². The highest BCUT2D eigenvalue weighted by Crippen LogP contribution is 2.20. The second-order valence-electron chi connectivity index (χ2n) is 6.37. The Morgan fingerprint density at radius 2 is 1.61 bits per heavy atom. The molecule has 0 aliphatic carbocycles. The molecule has 0 radical (unpaired) electrons. The average molecular weight is 450 g/mol. The number of amides is 2. The van der Waals surface area contributed by atoms with Crippen LogP contribution in [-0.4, -0.2) is 28.9 Å². The van der Waals surface area contributed by atoms with Crippen LogP contribution in [0.1, 0.15) is 15.9 Å². The Balaban J connectivity index is 1.55. The van der Waals surface area contributed by atoms with E-state index in [1.54, 1.807) is 0 Å². The topological polar surface area (TPSA) is 140 Å². The molecule has 0 spiro atoms. The largest absolute Gasteiger partial charge is 0.423 e. The lowest BCUT2D eigenvalue weighted by atomic mass is 10.2. The second-order valence-corrected chi connectivity index (χ2v) is 6.37. The van der Waals surface area contributed by atoms with Gasteiger partial charge in [0.2, 0.25) is 0 Å². The first-order valence-electron chi connectivity index (χ1n) is 9.29. The molecule has 0 aliphatic heterocycles. The van der Waals surface area contributed by atoms with E-state index in [0.29, 0.717) is 5.56 Å². The zero-order chi connectivity index (χ0) is 23.8. The van der Waals surface area contributed by atoms with Crippen LogP contribution < -0.4 is 15.5 Å². The fraction of sp³-hybridized carbons (Fsp3) is 0. The maximum atomic E-state index is 13.5. The second kappa shape index (κ2) is 10.4. The summed E-state index contributed by atoms with van der Waals surface area (Å²) in [5.74, 6) is -3.66. The number of nitro benzene ring substituents is 1. The van der Waals surface area contributed by atoms with E-state index < -0.39 is 28.5 Å². The normalized spacial score (nSPS) is 10.5. The van der Waals surface area contributed by atoms with Crippen molar-refractivity contribution in [1.29, 1.82) is 0 Å². The van der Waals surface area contributed by atoms with Crippen LogP contribution in [0.3, 0.4) is 0 Å². The first-order chi connectivity index (χ1) is 15.8. The maximum absolute atomic E-state index is 13.5. The molecular formula is C22H15FN4O6. The van der Waals surface area contributed by atoms with E-state index >= 15 is 0 Å². The zero-order valence-electron chi connectivity index (χ0n) is 16.7. The van der Waals surface area contributed by atoms with Crippen molar-refractivity contribution in [2.45, 2.75) is 0 Å². The van der Waals surface area contributed by atoms with Crippen LogP contribution in [0.15, 0.2) is 77.9 Å². The Kier molecular flexibility index (Phi) is 7.17. The van der Waals surface area contributed by atoms with Gasteiger partial charge in [0.05, 0.1) is 16.8 Å². The van der Waals surface area contributed by atoms with Gasteiger partial charge in [-0.05, 0) is 48.0 Å². The fourth-order valence-electron chi connectivity index (χ4n) is 2.55. The van der Waals surface area contributed by atoms with Gasteiger partial charge >= 0.3 is 17.8 Å². The molecule has 3 rings (SSSR count). The summed E-state index contributed by atoms with van der Waals surface area (Å²) in [7, 11) is 0. The number of halogens is 1. The van der Waals surface area contributed by atoms with Crippen molar-refractivity contribution >= 4 is 35.4 Å². The molecule has 0 atom stereocenters. The van der Waals surface area contributed by atoms with Crippen molar-refractivity contribution < 1.29 is 28.4 Å². The van der Waals surface area contributed by atoms with Crippen molar-refractivity contribution in [3.63, 3.8) is 0 Å². The van der Waals surface area contributed by atoms with E-state index in [1.165, 1.54) is 72.9 Å². The lowest BCUT2D eigenvalue weighted by molar-refractivity contribution is -0.385. The third-order valence-corrected chi connectivity index (χ3v) is 4.12. The molecule has 2 N–H and O–H groups in total. The SMILES string of the molecule is O=C(N/N=C/c1ccc(OC(=O)c2ccccc2[N+](=O)[O-])cc1)C(=O)Nc1ccccc1F. The number of nitrogens with one attached hydrogen (secondary N) is 2. The summed E-state index contributed by atoms with van der Waals surface area (Å²) in [6.45, 7) is 0. The molecule has 33 heavy (non-hydrogen) atoms. The average Bonchev–Trinajstić information content (AvgIpc) is 2.81. The summed E-state index contributed by atoms with van der Waals surface area (Å²) in [6.07, 6.45) is 1.22. The number of nitro groups is 1. The molecule has 166 valence electrons. The van der Waals surface area contributed by atoms with Crippen LogP contribution in [-0.2, 0) is 9.59 Å². The molecule has 0 aromatic heterocycles. The monoisotopic (exact) mass is 450 g/mol. The first kappa shape index (κ1) is 22.7. The van der Waals surface area contributed by atoms with Crippen LogP contribution in [0.25, 0.3) is 0 Å². The number of hydrazone groups is 1. The molecule has 0 heterocycles. The van der Waals surface area contributed by atoms with E-state index in [-0.39, 0.29) is 22.7 Å². The van der Waals surface area contributed by atoms with Crippen molar-refractivity contribution in [1.82, 2.24) is 5.43 Å². The van der Waals surface area contributed by atoms with E-state index in [4.69, 9.17) is 4.74 Å². The Morgan fingerprint density at radius 3 is 2.30 bits per heavy atom. The van der Waals surface area contributed by atoms with Gasteiger partial charge in [0.1, 0.15) is 17.1 Å². The van der Waals surface area contributed by atoms with Gasteiger partial charge in [0.25, 0.3) is 5.69 Å². The quantitative estimate of drug-likeness (QED) is 0.148. The lowest BCUT2D eigenvalue weighted by Crippen LogP contribution is -2.32. The van der Waals surface area contributed by atoms with E-state index in [1.807, 2.05) is 5.43 Å². The van der Waals surface area contributed by atoms with E-state index in [2.05, 4.69) is 10.4 Å². The van der Waals surface area contributed by atoms with Crippen molar-refractivity contribution in [2.75, 3.05) is 5.32 Å². The summed E-state index contributed by atoms with van der Waals surface area (Å²) in [5, 5.41) is 16.8. The van der Waals surface area contributed by atoms with Gasteiger partial charge in [-0.15, -0.1) is 0 Å². The molecule has 0 aliphatic rings. The molecule has 3 aromatic rings. The molecule has 0 fully saturated rings. The van der Waals surface area contributed by atoms with Crippen molar-refractivity contribution in [3.05, 3.63) is 99.9 Å². The Hall–Kier alpha value is -4.93. The van der Waals surface area contributed by atoms with Gasteiger partial charge in [-0.3, -0.25) is 19.7 Å². The first-order valence-corrected chi connectivity index (χ1v) is 9.29. The predicted octanol–water partition coefficient (Wildman–Crippen LogP) is 3.04. The summed E-state index contributed by atoms with van der Waals surface area (Å²) >= 11 is 0. The number of ether oxygens (including phenoxy) is 1. The number of para-hydroxylation sites is 2. The summed E-state index contributed by atoms with van der Waals surface area (Å²) in [4.78, 5) is 46.1. The number of rotatable bonds is 6. The van der Waals surface area contributed by atoms with Crippen molar-refractivity contribution in [2.24, 2.45) is 5.10 Å². The van der Waals surface area contributed by atoms with Crippen molar-refractivity contribution in [3.8, 4) is 5.75 Å². The highest BCUT2D eigenvalue weighted by Gasteiger charge is 2.21. The molecule has 3 aromatic carbocycles. The molecule has 10 nitrogen and oxygen atoms in total. The Bertz CT molecular complexity index is 1240. The minimum atomic E-state index is -1.11. The zero-order valence-corrected chi connectivity index (χ0v) is 16.7.